The number of hydrogen-bond donors (Lipinski definition) is 1. The van der Waals surface area contributed by atoms with Crippen LogP contribution < -0.4 is 9.47 Å². The normalized spacial score (nSPS) is 12.2. The third kappa shape index (κ3) is 5.37. The molecular weight excluding hydrogens is 422 g/mol. The van der Waals surface area contributed by atoms with E-state index in [2.05, 4.69) is 22.0 Å². The minimum atomic E-state index is -1.00. The summed E-state index contributed by atoms with van der Waals surface area (Å²) in [5.74, 6) is 0.232. The van der Waals surface area contributed by atoms with Crippen LogP contribution in [0.4, 0.5) is 0 Å². The van der Waals surface area contributed by atoms with Gasteiger partial charge in [0.2, 0.25) is 0 Å². The summed E-state index contributed by atoms with van der Waals surface area (Å²) in [6.07, 6.45) is 2.64. The van der Waals surface area contributed by atoms with E-state index in [1.807, 2.05) is 32.9 Å². The molecule has 5 nitrogen and oxygen atoms in total. The Morgan fingerprint density at radius 1 is 1.25 bits per heavy atom. The third-order valence-corrected chi connectivity index (χ3v) is 4.69. The molecule has 0 saturated carbocycles. The molecular formula is C22H22BrNO4. The molecule has 2 aromatic carbocycles. The molecule has 0 aliphatic carbocycles. The van der Waals surface area contributed by atoms with E-state index >= 15 is 0 Å². The quantitative estimate of drug-likeness (QED) is 0.412. The van der Waals surface area contributed by atoms with E-state index in [0.717, 1.165) is 16.5 Å². The minimum Gasteiger partial charge on any atom is -0.490 e. The van der Waals surface area contributed by atoms with Crippen molar-refractivity contribution in [2.75, 3.05) is 6.61 Å². The van der Waals surface area contributed by atoms with Crippen molar-refractivity contribution in [1.29, 1.82) is 5.26 Å². The molecule has 28 heavy (non-hydrogen) atoms. The van der Waals surface area contributed by atoms with Crippen LogP contribution >= 0.6 is 15.9 Å². The van der Waals surface area contributed by atoms with E-state index in [1.54, 1.807) is 18.2 Å². The van der Waals surface area contributed by atoms with Crippen LogP contribution in [0, 0.1) is 11.3 Å². The van der Waals surface area contributed by atoms with E-state index < -0.39 is 5.97 Å². The summed E-state index contributed by atoms with van der Waals surface area (Å²) in [7, 11) is 0. The Balaban J connectivity index is 2.44. The number of rotatable bonds is 8. The summed E-state index contributed by atoms with van der Waals surface area (Å²) in [5, 5.41) is 18.6. The summed E-state index contributed by atoms with van der Waals surface area (Å²) < 4.78 is 12.4. The third-order valence-electron chi connectivity index (χ3n) is 4.10. The first kappa shape index (κ1) is 21.5. The average Bonchev–Trinajstić information content (AvgIpc) is 2.68. The maximum atomic E-state index is 11.0. The van der Waals surface area contributed by atoms with Gasteiger partial charge in [-0.25, -0.2) is 4.79 Å². The molecule has 0 spiro atoms. The monoisotopic (exact) mass is 443 g/mol. The molecule has 0 aromatic heterocycles. The van der Waals surface area contributed by atoms with Crippen LogP contribution in [0.25, 0.3) is 11.6 Å². The summed E-state index contributed by atoms with van der Waals surface area (Å²) >= 11 is 3.54. The maximum absolute atomic E-state index is 11.0. The molecule has 146 valence electrons. The van der Waals surface area contributed by atoms with Gasteiger partial charge < -0.3 is 14.6 Å². The van der Waals surface area contributed by atoms with Crippen molar-refractivity contribution in [3.63, 3.8) is 0 Å². The van der Waals surface area contributed by atoms with Crippen LogP contribution in [-0.2, 0) is 0 Å². The Kier molecular flexibility index (Phi) is 7.65. The van der Waals surface area contributed by atoms with Gasteiger partial charge in [0.25, 0.3) is 0 Å². The highest BCUT2D eigenvalue weighted by atomic mass is 79.9. The zero-order chi connectivity index (χ0) is 20.7. The van der Waals surface area contributed by atoms with E-state index in [1.165, 1.54) is 12.1 Å². The lowest BCUT2D eigenvalue weighted by molar-refractivity contribution is 0.0697. The highest BCUT2D eigenvalue weighted by molar-refractivity contribution is 9.10. The second kappa shape index (κ2) is 9.95. The number of ether oxygens (including phenoxy) is 2. The first-order valence-corrected chi connectivity index (χ1v) is 9.77. The van der Waals surface area contributed by atoms with E-state index in [4.69, 9.17) is 14.6 Å². The molecule has 6 heteroatoms. The van der Waals surface area contributed by atoms with Crippen molar-refractivity contribution < 1.29 is 19.4 Å². The second-order valence-electron chi connectivity index (χ2n) is 6.15. The molecule has 0 saturated heterocycles. The van der Waals surface area contributed by atoms with Gasteiger partial charge in [-0.15, -0.1) is 0 Å². The second-order valence-corrected chi connectivity index (χ2v) is 7.01. The molecule has 0 unspecified atom stereocenters. The molecule has 1 N–H and O–H groups in total. The highest BCUT2D eigenvalue weighted by Gasteiger charge is 2.15. The van der Waals surface area contributed by atoms with Gasteiger partial charge >= 0.3 is 5.97 Å². The van der Waals surface area contributed by atoms with E-state index in [0.29, 0.717) is 29.2 Å². The predicted molar refractivity (Wildman–Crippen MR) is 113 cm³/mol. The van der Waals surface area contributed by atoms with Crippen LogP contribution in [0.5, 0.6) is 11.5 Å². The molecule has 0 heterocycles. The van der Waals surface area contributed by atoms with Crippen LogP contribution in [0.1, 0.15) is 48.7 Å². The Labute approximate surface area is 173 Å². The Hall–Kier alpha value is -2.78. The van der Waals surface area contributed by atoms with Crippen LogP contribution in [-0.4, -0.2) is 23.8 Å². The van der Waals surface area contributed by atoms with Gasteiger partial charge in [0, 0.05) is 0 Å². The van der Waals surface area contributed by atoms with Gasteiger partial charge in [-0.2, -0.15) is 5.26 Å². The van der Waals surface area contributed by atoms with Crippen molar-refractivity contribution in [2.45, 2.75) is 33.3 Å². The number of allylic oxidation sites excluding steroid dienone is 1. The smallest absolute Gasteiger partial charge is 0.335 e. The van der Waals surface area contributed by atoms with Crippen molar-refractivity contribution >= 4 is 33.5 Å². The SMILES string of the molecule is CCOc1cc(/C=C(/C#N)c2ccc(C(=O)O)cc2)cc(Br)c1O[C@H](C)CC. The molecule has 0 radical (unpaired) electrons. The molecule has 2 aromatic rings. The standard InChI is InChI=1S/C22H22BrNO4/c1-4-14(3)28-21-19(23)11-15(12-20(21)27-5-2)10-18(13-24)16-6-8-17(9-7-16)22(25)26/h6-12,14H,4-5H2,1-3H3,(H,25,26)/b18-10-/t14-/m1/s1. The van der Waals surface area contributed by atoms with Gasteiger partial charge in [-0.1, -0.05) is 19.1 Å². The van der Waals surface area contributed by atoms with Crippen LogP contribution in [0.3, 0.4) is 0 Å². The minimum absolute atomic E-state index is 0.0410. The average molecular weight is 444 g/mol. The number of carboxylic acids is 1. The lowest BCUT2D eigenvalue weighted by Crippen LogP contribution is -2.11. The number of nitriles is 1. The van der Waals surface area contributed by atoms with Gasteiger partial charge in [0.05, 0.1) is 34.4 Å². The van der Waals surface area contributed by atoms with E-state index in [-0.39, 0.29) is 11.7 Å². The predicted octanol–water partition coefficient (Wildman–Crippen LogP) is 5.79. The Morgan fingerprint density at radius 2 is 1.89 bits per heavy atom. The number of carboxylic acid groups (broad SMARTS) is 1. The fourth-order valence-electron chi connectivity index (χ4n) is 2.47. The highest BCUT2D eigenvalue weighted by Crippen LogP contribution is 2.38. The van der Waals surface area contributed by atoms with Crippen molar-refractivity contribution in [1.82, 2.24) is 0 Å². The molecule has 1 atom stereocenters. The topological polar surface area (TPSA) is 79.5 Å². The largest absolute Gasteiger partial charge is 0.490 e. The first-order chi connectivity index (χ1) is 13.4. The van der Waals surface area contributed by atoms with Crippen molar-refractivity contribution in [3.05, 3.63) is 57.6 Å². The zero-order valence-electron chi connectivity index (χ0n) is 16.0. The van der Waals surface area contributed by atoms with Gasteiger partial charge in [-0.3, -0.25) is 0 Å². The maximum Gasteiger partial charge on any atom is 0.335 e. The summed E-state index contributed by atoms with van der Waals surface area (Å²) in [5.41, 5.74) is 2.00. The van der Waals surface area contributed by atoms with Crippen molar-refractivity contribution in [3.8, 4) is 17.6 Å². The van der Waals surface area contributed by atoms with E-state index in [9.17, 15) is 10.1 Å². The lowest BCUT2D eigenvalue weighted by atomic mass is 10.0. The molecule has 0 fully saturated rings. The molecule has 0 aliphatic heterocycles. The number of nitrogens with zero attached hydrogens (tertiary/aromatic N) is 1. The molecule has 0 bridgehead atoms. The fraction of sp³-hybridized carbons (Fsp3) is 0.273. The number of halogens is 1. The molecule has 0 amide bonds. The van der Waals surface area contributed by atoms with Crippen LogP contribution in [0.15, 0.2) is 40.9 Å². The summed E-state index contributed by atoms with van der Waals surface area (Å²) in [6.45, 7) is 6.42. The summed E-state index contributed by atoms with van der Waals surface area (Å²) in [6, 6.07) is 12.1. The molecule has 0 aliphatic rings. The number of aromatic carboxylic acids is 1. The number of hydrogen-bond acceptors (Lipinski definition) is 4. The fourth-order valence-corrected chi connectivity index (χ4v) is 3.03. The number of carbonyl (C=O) groups is 1. The first-order valence-electron chi connectivity index (χ1n) is 8.98. The van der Waals surface area contributed by atoms with Crippen LogP contribution in [0.2, 0.25) is 0 Å². The lowest BCUT2D eigenvalue weighted by Gasteiger charge is -2.18. The Bertz CT molecular complexity index is 913. The van der Waals surface area contributed by atoms with Crippen molar-refractivity contribution in [2.24, 2.45) is 0 Å². The van der Waals surface area contributed by atoms with Gasteiger partial charge in [0.1, 0.15) is 0 Å². The van der Waals surface area contributed by atoms with Gasteiger partial charge in [0.15, 0.2) is 11.5 Å². The zero-order valence-corrected chi connectivity index (χ0v) is 17.6. The molecule has 2 rings (SSSR count). The summed E-state index contributed by atoms with van der Waals surface area (Å²) in [4.78, 5) is 11.0. The number of benzene rings is 2. The Morgan fingerprint density at radius 3 is 2.43 bits per heavy atom. The van der Waals surface area contributed by atoms with Gasteiger partial charge in [-0.05, 0) is 77.7 Å².